The number of thiophene rings is 1. The summed E-state index contributed by atoms with van der Waals surface area (Å²) in [6, 6.07) is 11.2. The SMILES string of the molecule is O=C(NCc1cccs1)C1CCN(c2ccc(S(=O)(=O)N3CCCC3)cc2)CC1. The summed E-state index contributed by atoms with van der Waals surface area (Å²) in [5.41, 5.74) is 1.02. The van der Waals surface area contributed by atoms with Crippen LogP contribution in [0.25, 0.3) is 0 Å². The molecule has 0 atom stereocenters. The lowest BCUT2D eigenvalue weighted by atomic mass is 9.95. The van der Waals surface area contributed by atoms with Gasteiger partial charge in [0.2, 0.25) is 15.9 Å². The molecule has 29 heavy (non-hydrogen) atoms. The first-order valence-corrected chi connectivity index (χ1v) is 12.5. The van der Waals surface area contributed by atoms with Crippen LogP contribution in [0.4, 0.5) is 5.69 Å². The summed E-state index contributed by atoms with van der Waals surface area (Å²) >= 11 is 1.65. The van der Waals surface area contributed by atoms with Crippen molar-refractivity contribution in [3.05, 3.63) is 46.7 Å². The zero-order valence-electron chi connectivity index (χ0n) is 16.4. The highest BCUT2D eigenvalue weighted by Crippen LogP contribution is 2.27. The lowest BCUT2D eigenvalue weighted by Crippen LogP contribution is -2.40. The molecule has 2 aliphatic rings. The number of carbonyl (C=O) groups excluding carboxylic acids is 1. The van der Waals surface area contributed by atoms with Crippen molar-refractivity contribution in [3.8, 4) is 0 Å². The van der Waals surface area contributed by atoms with Crippen LogP contribution in [0.5, 0.6) is 0 Å². The monoisotopic (exact) mass is 433 g/mol. The van der Waals surface area contributed by atoms with Crippen LogP contribution in [0, 0.1) is 5.92 Å². The number of nitrogens with one attached hydrogen (secondary N) is 1. The molecule has 3 heterocycles. The molecule has 2 fully saturated rings. The van der Waals surface area contributed by atoms with E-state index in [0.29, 0.717) is 24.5 Å². The molecule has 156 valence electrons. The van der Waals surface area contributed by atoms with Crippen molar-refractivity contribution in [2.75, 3.05) is 31.1 Å². The van der Waals surface area contributed by atoms with Crippen molar-refractivity contribution in [1.82, 2.24) is 9.62 Å². The van der Waals surface area contributed by atoms with Gasteiger partial charge >= 0.3 is 0 Å². The number of rotatable bonds is 6. The van der Waals surface area contributed by atoms with E-state index in [2.05, 4.69) is 10.2 Å². The van der Waals surface area contributed by atoms with Gasteiger partial charge in [-0.2, -0.15) is 4.31 Å². The lowest BCUT2D eigenvalue weighted by molar-refractivity contribution is -0.125. The van der Waals surface area contributed by atoms with Gasteiger partial charge in [-0.1, -0.05) is 6.07 Å². The van der Waals surface area contributed by atoms with Gasteiger partial charge < -0.3 is 10.2 Å². The Bertz CT molecular complexity index is 913. The summed E-state index contributed by atoms with van der Waals surface area (Å²) in [7, 11) is -3.37. The van der Waals surface area contributed by atoms with Gasteiger partial charge in [0, 0.05) is 42.7 Å². The Morgan fingerprint density at radius 3 is 2.34 bits per heavy atom. The van der Waals surface area contributed by atoms with Crippen molar-refractivity contribution in [2.45, 2.75) is 37.1 Å². The molecule has 2 aliphatic heterocycles. The molecule has 0 spiro atoms. The molecule has 8 heteroatoms. The van der Waals surface area contributed by atoms with E-state index < -0.39 is 10.0 Å². The standard InChI is InChI=1S/C21H27N3O3S2/c25-21(22-16-19-4-3-15-28-19)17-9-13-23(14-10-17)18-5-7-20(8-6-18)29(26,27)24-11-1-2-12-24/h3-8,15,17H,1-2,9-14,16H2,(H,22,25). The Labute approximate surface area is 176 Å². The van der Waals surface area contributed by atoms with Crippen LogP contribution >= 0.6 is 11.3 Å². The number of nitrogens with zero attached hydrogens (tertiary/aromatic N) is 2. The van der Waals surface area contributed by atoms with Crippen LogP contribution in [-0.2, 0) is 21.4 Å². The molecule has 0 radical (unpaired) electrons. The van der Waals surface area contributed by atoms with E-state index in [1.165, 1.54) is 4.88 Å². The molecular weight excluding hydrogens is 406 g/mol. The molecule has 1 amide bonds. The first-order chi connectivity index (χ1) is 14.0. The third kappa shape index (κ3) is 4.65. The molecule has 2 aromatic rings. The molecule has 0 saturated carbocycles. The summed E-state index contributed by atoms with van der Waals surface area (Å²) in [6.07, 6.45) is 3.49. The Balaban J connectivity index is 1.31. The topological polar surface area (TPSA) is 69.7 Å². The fourth-order valence-electron chi connectivity index (χ4n) is 4.04. The minimum Gasteiger partial charge on any atom is -0.371 e. The second-order valence-corrected chi connectivity index (χ2v) is 10.6. The van der Waals surface area contributed by atoms with Gasteiger partial charge in [0.15, 0.2) is 0 Å². The van der Waals surface area contributed by atoms with Crippen molar-refractivity contribution < 1.29 is 13.2 Å². The molecule has 1 aromatic carbocycles. The molecule has 0 unspecified atom stereocenters. The van der Waals surface area contributed by atoms with Crippen LogP contribution in [0.1, 0.15) is 30.6 Å². The van der Waals surface area contributed by atoms with E-state index in [9.17, 15) is 13.2 Å². The normalized spacial score (nSPS) is 18.8. The van der Waals surface area contributed by atoms with Crippen molar-refractivity contribution in [1.29, 1.82) is 0 Å². The maximum atomic E-state index is 12.7. The molecule has 1 aromatic heterocycles. The number of piperidine rings is 1. The fourth-order valence-corrected chi connectivity index (χ4v) is 6.20. The van der Waals surface area contributed by atoms with Gasteiger partial charge in [-0.15, -0.1) is 11.3 Å². The molecule has 0 aliphatic carbocycles. The van der Waals surface area contributed by atoms with Gasteiger partial charge in [0.25, 0.3) is 0 Å². The van der Waals surface area contributed by atoms with Crippen LogP contribution in [0.3, 0.4) is 0 Å². The smallest absolute Gasteiger partial charge is 0.243 e. The minimum absolute atomic E-state index is 0.0426. The molecule has 2 saturated heterocycles. The zero-order valence-corrected chi connectivity index (χ0v) is 18.1. The fraction of sp³-hybridized carbons (Fsp3) is 0.476. The Kier molecular flexibility index (Phi) is 6.22. The van der Waals surface area contributed by atoms with Crippen LogP contribution in [0.2, 0.25) is 0 Å². The number of hydrogen-bond acceptors (Lipinski definition) is 5. The number of benzene rings is 1. The van der Waals surface area contributed by atoms with Gasteiger partial charge in [0.05, 0.1) is 11.4 Å². The quantitative estimate of drug-likeness (QED) is 0.760. The summed E-state index contributed by atoms with van der Waals surface area (Å²) < 4.78 is 26.9. The van der Waals surface area contributed by atoms with Gasteiger partial charge in [-0.3, -0.25) is 4.79 Å². The largest absolute Gasteiger partial charge is 0.371 e. The number of hydrogen-bond donors (Lipinski definition) is 1. The predicted molar refractivity (Wildman–Crippen MR) is 116 cm³/mol. The third-order valence-corrected chi connectivity index (χ3v) is 8.58. The average Bonchev–Trinajstić information content (AvgIpc) is 3.47. The summed E-state index contributed by atoms with van der Waals surface area (Å²) in [5.74, 6) is 0.172. The molecule has 0 bridgehead atoms. The van der Waals surface area contributed by atoms with Crippen molar-refractivity contribution >= 4 is 33.0 Å². The molecule has 1 N–H and O–H groups in total. The van der Waals surface area contributed by atoms with E-state index in [4.69, 9.17) is 0 Å². The summed E-state index contributed by atoms with van der Waals surface area (Å²) in [6.45, 7) is 3.44. The first kappa shape index (κ1) is 20.4. The average molecular weight is 434 g/mol. The Morgan fingerprint density at radius 1 is 1.03 bits per heavy atom. The van der Waals surface area contributed by atoms with E-state index in [-0.39, 0.29) is 11.8 Å². The van der Waals surface area contributed by atoms with Crippen LogP contribution in [-0.4, -0.2) is 44.8 Å². The Morgan fingerprint density at radius 2 is 1.72 bits per heavy atom. The molecule has 6 nitrogen and oxygen atoms in total. The minimum atomic E-state index is -3.37. The highest BCUT2D eigenvalue weighted by Gasteiger charge is 2.28. The number of carbonyl (C=O) groups is 1. The summed E-state index contributed by atoms with van der Waals surface area (Å²) in [4.78, 5) is 16.2. The second kappa shape index (κ2) is 8.85. The molecular formula is C21H27N3O3S2. The zero-order chi connectivity index (χ0) is 20.3. The van der Waals surface area contributed by atoms with Crippen LogP contribution < -0.4 is 10.2 Å². The van der Waals surface area contributed by atoms with Crippen molar-refractivity contribution in [2.24, 2.45) is 5.92 Å². The predicted octanol–water partition coefficient (Wildman–Crippen LogP) is 3.07. The number of anilines is 1. The number of sulfonamides is 1. The maximum absolute atomic E-state index is 12.7. The highest BCUT2D eigenvalue weighted by molar-refractivity contribution is 7.89. The van der Waals surface area contributed by atoms with E-state index in [0.717, 1.165) is 44.5 Å². The lowest BCUT2D eigenvalue weighted by Gasteiger charge is -2.33. The summed E-state index contributed by atoms with van der Waals surface area (Å²) in [5, 5.41) is 5.06. The van der Waals surface area contributed by atoms with Gasteiger partial charge in [-0.05, 0) is 61.4 Å². The van der Waals surface area contributed by atoms with E-state index >= 15 is 0 Å². The highest BCUT2D eigenvalue weighted by atomic mass is 32.2. The van der Waals surface area contributed by atoms with Crippen molar-refractivity contribution in [3.63, 3.8) is 0 Å². The second-order valence-electron chi connectivity index (χ2n) is 7.66. The first-order valence-electron chi connectivity index (χ1n) is 10.2. The maximum Gasteiger partial charge on any atom is 0.243 e. The number of amides is 1. The Hall–Kier alpha value is -1.90. The van der Waals surface area contributed by atoms with Crippen LogP contribution in [0.15, 0.2) is 46.7 Å². The van der Waals surface area contributed by atoms with E-state index in [1.54, 1.807) is 27.8 Å². The van der Waals surface area contributed by atoms with Gasteiger partial charge in [0.1, 0.15) is 0 Å². The molecule has 4 rings (SSSR count). The third-order valence-electron chi connectivity index (χ3n) is 5.79. The van der Waals surface area contributed by atoms with E-state index in [1.807, 2.05) is 29.6 Å². The van der Waals surface area contributed by atoms with Gasteiger partial charge in [-0.25, -0.2) is 8.42 Å².